The summed E-state index contributed by atoms with van der Waals surface area (Å²) in [5, 5.41) is 3.47. The molecule has 1 aromatic rings. The summed E-state index contributed by atoms with van der Waals surface area (Å²) < 4.78 is 0. The number of imidazole rings is 1. The highest BCUT2D eigenvalue weighted by atomic mass is 79.9. The summed E-state index contributed by atoms with van der Waals surface area (Å²) in [6.45, 7) is 4.15. The number of carbonyl (C=O) groups is 1. The molecule has 5 heteroatoms. The number of carbonyl (C=O) groups excluding carboxylic acids is 1. The molecule has 1 aromatic heterocycles. The topological polar surface area (TPSA) is 57.8 Å². The Balaban J connectivity index is 2.63. The van der Waals surface area contributed by atoms with Crippen LogP contribution >= 0.6 is 15.9 Å². The Bertz CT molecular complexity index is 311. The summed E-state index contributed by atoms with van der Waals surface area (Å²) >= 11 is 3.11. The van der Waals surface area contributed by atoms with Crippen LogP contribution in [0.3, 0.4) is 0 Å². The zero-order valence-corrected chi connectivity index (χ0v) is 9.89. The second kappa shape index (κ2) is 5.14. The Morgan fingerprint density at radius 1 is 1.79 bits per heavy atom. The molecule has 0 bridgehead atoms. The number of nitrogens with zero attached hydrogens (tertiary/aromatic N) is 1. The molecule has 0 aromatic carbocycles. The second-order valence-electron chi connectivity index (χ2n) is 3.16. The Morgan fingerprint density at radius 2 is 2.50 bits per heavy atom. The summed E-state index contributed by atoms with van der Waals surface area (Å²) in [6, 6.07) is 0.355. The van der Waals surface area contributed by atoms with E-state index in [2.05, 4.69) is 45.1 Å². The Kier molecular flexibility index (Phi) is 4.13. The summed E-state index contributed by atoms with van der Waals surface area (Å²) in [5.41, 5.74) is 0.535. The molecule has 0 radical (unpaired) electrons. The molecule has 1 atom stereocenters. The van der Waals surface area contributed by atoms with E-state index >= 15 is 0 Å². The maximum atomic E-state index is 11.2. The highest BCUT2D eigenvalue weighted by Gasteiger charge is 2.08. The number of nitrogens with one attached hydrogen (secondary N) is 2. The molecule has 0 aliphatic carbocycles. The molecule has 1 heterocycles. The Hall–Kier alpha value is -0.840. The first-order valence-electron chi connectivity index (χ1n) is 4.58. The van der Waals surface area contributed by atoms with Crippen molar-refractivity contribution in [2.45, 2.75) is 26.3 Å². The quantitative estimate of drug-likeness (QED) is 0.630. The third-order valence-electron chi connectivity index (χ3n) is 1.99. The van der Waals surface area contributed by atoms with E-state index in [0.717, 1.165) is 6.42 Å². The van der Waals surface area contributed by atoms with E-state index in [9.17, 15) is 4.79 Å². The van der Waals surface area contributed by atoms with Crippen LogP contribution in [0.15, 0.2) is 6.20 Å². The second-order valence-corrected chi connectivity index (χ2v) is 3.72. The number of hydrogen-bond donors (Lipinski definition) is 2. The molecule has 14 heavy (non-hydrogen) atoms. The first-order valence-corrected chi connectivity index (χ1v) is 5.70. The first-order chi connectivity index (χ1) is 6.67. The van der Waals surface area contributed by atoms with Crippen LogP contribution in [0.2, 0.25) is 0 Å². The van der Waals surface area contributed by atoms with E-state index in [1.807, 2.05) is 0 Å². The van der Waals surface area contributed by atoms with Crippen LogP contribution in [0.25, 0.3) is 0 Å². The fraction of sp³-hybridized carbons (Fsp3) is 0.556. The van der Waals surface area contributed by atoms with Crippen LogP contribution < -0.4 is 5.32 Å². The van der Waals surface area contributed by atoms with Gasteiger partial charge < -0.3 is 10.3 Å². The van der Waals surface area contributed by atoms with Crippen LogP contribution in [0.4, 0.5) is 5.95 Å². The van der Waals surface area contributed by atoms with Gasteiger partial charge in [-0.25, -0.2) is 4.98 Å². The predicted molar refractivity (Wildman–Crippen MR) is 60.1 cm³/mol. The maximum Gasteiger partial charge on any atom is 0.200 e. The van der Waals surface area contributed by atoms with Gasteiger partial charge in [0.1, 0.15) is 5.69 Å². The van der Waals surface area contributed by atoms with Crippen LogP contribution in [0, 0.1) is 0 Å². The van der Waals surface area contributed by atoms with Gasteiger partial charge in [0.05, 0.1) is 11.5 Å². The van der Waals surface area contributed by atoms with E-state index in [1.165, 1.54) is 0 Å². The summed E-state index contributed by atoms with van der Waals surface area (Å²) in [6.07, 6.45) is 2.57. The minimum absolute atomic E-state index is 0.00898. The minimum Gasteiger partial charge on any atom is -0.353 e. The van der Waals surface area contributed by atoms with E-state index in [0.29, 0.717) is 23.0 Å². The molecule has 78 valence electrons. The van der Waals surface area contributed by atoms with E-state index < -0.39 is 0 Å². The van der Waals surface area contributed by atoms with Gasteiger partial charge in [-0.1, -0.05) is 22.9 Å². The highest BCUT2D eigenvalue weighted by Crippen LogP contribution is 2.06. The van der Waals surface area contributed by atoms with Gasteiger partial charge in [-0.05, 0) is 13.3 Å². The third-order valence-corrected chi connectivity index (χ3v) is 2.50. The van der Waals surface area contributed by atoms with Crippen molar-refractivity contribution < 1.29 is 4.79 Å². The van der Waals surface area contributed by atoms with Crippen LogP contribution in [-0.2, 0) is 0 Å². The molecular weight excluding hydrogens is 246 g/mol. The Labute approximate surface area is 91.6 Å². The fourth-order valence-corrected chi connectivity index (χ4v) is 1.25. The van der Waals surface area contributed by atoms with Gasteiger partial charge in [0.15, 0.2) is 5.78 Å². The molecule has 0 saturated heterocycles. The number of aromatic amines is 1. The number of rotatable bonds is 5. The maximum absolute atomic E-state index is 11.2. The molecule has 0 saturated carbocycles. The van der Waals surface area contributed by atoms with Crippen molar-refractivity contribution in [1.82, 2.24) is 9.97 Å². The number of anilines is 1. The average molecular weight is 260 g/mol. The first kappa shape index (κ1) is 11.2. The summed E-state index contributed by atoms with van der Waals surface area (Å²) in [4.78, 5) is 18.2. The molecule has 0 aliphatic heterocycles. The van der Waals surface area contributed by atoms with Crippen LogP contribution in [0.1, 0.15) is 30.8 Å². The Morgan fingerprint density at radius 3 is 3.07 bits per heavy atom. The van der Waals surface area contributed by atoms with Gasteiger partial charge in [-0.3, -0.25) is 4.79 Å². The third kappa shape index (κ3) is 2.83. The largest absolute Gasteiger partial charge is 0.353 e. The van der Waals surface area contributed by atoms with Crippen molar-refractivity contribution in [3.05, 3.63) is 11.9 Å². The van der Waals surface area contributed by atoms with E-state index in [4.69, 9.17) is 0 Å². The number of hydrogen-bond acceptors (Lipinski definition) is 3. The normalized spacial score (nSPS) is 12.5. The van der Waals surface area contributed by atoms with Crippen LogP contribution in [-0.4, -0.2) is 27.1 Å². The van der Waals surface area contributed by atoms with E-state index in [-0.39, 0.29) is 5.78 Å². The summed E-state index contributed by atoms with van der Waals surface area (Å²) in [7, 11) is 0. The molecule has 4 nitrogen and oxygen atoms in total. The molecule has 1 rings (SSSR count). The SMILES string of the molecule is CCC(C)Nc1ncc(C(=O)CBr)[nH]1. The zero-order chi connectivity index (χ0) is 10.6. The lowest BCUT2D eigenvalue weighted by atomic mass is 10.3. The monoisotopic (exact) mass is 259 g/mol. The molecular formula is C9H14BrN3O. The number of alkyl halides is 1. The van der Waals surface area contributed by atoms with Gasteiger partial charge in [-0.15, -0.1) is 0 Å². The van der Waals surface area contributed by atoms with Crippen molar-refractivity contribution in [2.24, 2.45) is 0 Å². The van der Waals surface area contributed by atoms with Crippen molar-refractivity contribution in [3.8, 4) is 0 Å². The highest BCUT2D eigenvalue weighted by molar-refractivity contribution is 9.09. The number of ketones is 1. The van der Waals surface area contributed by atoms with Crippen molar-refractivity contribution in [1.29, 1.82) is 0 Å². The van der Waals surface area contributed by atoms with E-state index in [1.54, 1.807) is 6.20 Å². The molecule has 0 fully saturated rings. The average Bonchev–Trinajstić information content (AvgIpc) is 2.65. The standard InChI is InChI=1S/C9H14BrN3O/c1-3-6(2)12-9-11-5-7(13-9)8(14)4-10/h5-6H,3-4H2,1-2H3,(H2,11,12,13). The molecule has 0 aliphatic rings. The van der Waals surface area contributed by atoms with Gasteiger partial charge in [-0.2, -0.15) is 0 Å². The fourth-order valence-electron chi connectivity index (χ4n) is 0.944. The van der Waals surface area contributed by atoms with Gasteiger partial charge in [0, 0.05) is 6.04 Å². The van der Waals surface area contributed by atoms with Crippen molar-refractivity contribution in [2.75, 3.05) is 10.6 Å². The van der Waals surface area contributed by atoms with Crippen molar-refractivity contribution >= 4 is 27.7 Å². The predicted octanol–water partition coefficient (Wildman–Crippen LogP) is 2.20. The number of aromatic nitrogens is 2. The molecule has 1 unspecified atom stereocenters. The van der Waals surface area contributed by atoms with Gasteiger partial charge in [0.2, 0.25) is 5.95 Å². The number of halogens is 1. The molecule has 0 amide bonds. The molecule has 2 N–H and O–H groups in total. The molecule has 0 spiro atoms. The summed E-state index contributed by atoms with van der Waals surface area (Å²) in [5.74, 6) is 0.665. The van der Waals surface area contributed by atoms with Crippen molar-refractivity contribution in [3.63, 3.8) is 0 Å². The minimum atomic E-state index is 0.00898. The smallest absolute Gasteiger partial charge is 0.200 e. The van der Waals surface area contributed by atoms with Crippen LogP contribution in [0.5, 0.6) is 0 Å². The zero-order valence-electron chi connectivity index (χ0n) is 8.30. The number of H-pyrrole nitrogens is 1. The van der Waals surface area contributed by atoms with Gasteiger partial charge in [0.25, 0.3) is 0 Å². The van der Waals surface area contributed by atoms with Gasteiger partial charge >= 0.3 is 0 Å². The number of Topliss-reactive ketones (excluding diaryl/α,β-unsaturated/α-hetero) is 1. The lowest BCUT2D eigenvalue weighted by Gasteiger charge is -2.08. The lowest BCUT2D eigenvalue weighted by Crippen LogP contribution is -2.14. The lowest BCUT2D eigenvalue weighted by molar-refractivity contribution is 0.101.